The average molecular weight is 307 g/mol. The van der Waals surface area contributed by atoms with E-state index in [0.717, 1.165) is 12.1 Å². The Morgan fingerprint density at radius 3 is 3.08 bits per heavy atom. The summed E-state index contributed by atoms with van der Waals surface area (Å²) in [5.74, 6) is 0.695. The first kappa shape index (κ1) is 9.45. The van der Waals surface area contributed by atoms with Crippen LogP contribution in [-0.2, 0) is 16.1 Å². The van der Waals surface area contributed by atoms with Gasteiger partial charge in [0, 0.05) is 25.3 Å². The number of hydrogen-bond acceptors (Lipinski definition) is 2. The van der Waals surface area contributed by atoms with Crippen molar-refractivity contribution in [3.63, 3.8) is 0 Å². The molecule has 13 heavy (non-hydrogen) atoms. The zero-order valence-corrected chi connectivity index (χ0v) is 10.3. The Labute approximate surface area is 92.1 Å². The molecule has 1 aromatic carbocycles. The molecule has 1 unspecified atom stereocenters. The molecular formula is C9H10INOS. The summed E-state index contributed by atoms with van der Waals surface area (Å²) >= 11 is 2.28. The van der Waals surface area contributed by atoms with Gasteiger partial charge in [0.1, 0.15) is 0 Å². The SMILES string of the molecule is CS1(=O)=Nc2ccc(I)cc2CC1. The van der Waals surface area contributed by atoms with E-state index in [2.05, 4.69) is 33.0 Å². The smallest absolute Gasteiger partial charge is 0.0763 e. The summed E-state index contributed by atoms with van der Waals surface area (Å²) in [6.45, 7) is 0. The van der Waals surface area contributed by atoms with Gasteiger partial charge in [-0.15, -0.1) is 0 Å². The van der Waals surface area contributed by atoms with Gasteiger partial charge in [-0.25, -0.2) is 4.21 Å². The molecule has 0 bridgehead atoms. The Morgan fingerprint density at radius 2 is 2.31 bits per heavy atom. The lowest BCUT2D eigenvalue weighted by molar-refractivity contribution is 0.679. The second-order valence-corrected chi connectivity index (χ2v) is 7.03. The first-order chi connectivity index (χ1) is 6.07. The Morgan fingerprint density at radius 1 is 1.54 bits per heavy atom. The molecule has 0 saturated heterocycles. The Balaban J connectivity index is 2.61. The van der Waals surface area contributed by atoms with Gasteiger partial charge < -0.3 is 0 Å². The molecule has 0 amide bonds. The largest absolute Gasteiger partial charge is 0.250 e. The first-order valence-corrected chi connectivity index (χ1v) is 7.22. The number of aryl methyl sites for hydroxylation is 1. The molecule has 1 heterocycles. The van der Waals surface area contributed by atoms with Crippen LogP contribution < -0.4 is 0 Å². The predicted octanol–water partition coefficient (Wildman–Crippen LogP) is 2.58. The molecule has 1 aliphatic heterocycles. The summed E-state index contributed by atoms with van der Waals surface area (Å²) in [5, 5.41) is 0. The summed E-state index contributed by atoms with van der Waals surface area (Å²) in [6.07, 6.45) is 2.62. The van der Waals surface area contributed by atoms with Crippen LogP contribution in [0.25, 0.3) is 0 Å². The summed E-state index contributed by atoms with van der Waals surface area (Å²) in [5.41, 5.74) is 2.15. The van der Waals surface area contributed by atoms with E-state index in [-0.39, 0.29) is 0 Å². The molecule has 0 fully saturated rings. The van der Waals surface area contributed by atoms with Crippen molar-refractivity contribution in [3.8, 4) is 0 Å². The van der Waals surface area contributed by atoms with Crippen LogP contribution in [0.3, 0.4) is 0 Å². The minimum atomic E-state index is -1.94. The van der Waals surface area contributed by atoms with Gasteiger partial charge in [0.25, 0.3) is 0 Å². The molecule has 1 aromatic rings. The minimum absolute atomic E-state index is 0.695. The number of nitrogens with zero attached hydrogens (tertiary/aromatic N) is 1. The van der Waals surface area contributed by atoms with Crippen LogP contribution in [0.15, 0.2) is 22.6 Å². The van der Waals surface area contributed by atoms with Crippen molar-refractivity contribution in [2.45, 2.75) is 6.42 Å². The van der Waals surface area contributed by atoms with Crippen molar-refractivity contribution in [3.05, 3.63) is 27.3 Å². The van der Waals surface area contributed by atoms with E-state index in [0.29, 0.717) is 5.75 Å². The average Bonchev–Trinajstić information content (AvgIpc) is 2.05. The summed E-state index contributed by atoms with van der Waals surface area (Å²) in [6, 6.07) is 6.08. The fraction of sp³-hybridized carbons (Fsp3) is 0.333. The van der Waals surface area contributed by atoms with Crippen LogP contribution in [-0.4, -0.2) is 16.2 Å². The maximum absolute atomic E-state index is 11.7. The standard InChI is InChI=1S/C9H10INOS/c1-13(12)5-4-7-6-8(10)2-3-9(7)11-13/h2-3,6H,4-5H2,1H3. The van der Waals surface area contributed by atoms with Crippen LogP contribution in [0.1, 0.15) is 5.56 Å². The second-order valence-electron chi connectivity index (χ2n) is 3.28. The number of benzene rings is 1. The predicted molar refractivity (Wildman–Crippen MR) is 63.9 cm³/mol. The number of hydrogen-bond donors (Lipinski definition) is 0. The quantitative estimate of drug-likeness (QED) is 0.677. The third-order valence-electron chi connectivity index (χ3n) is 2.08. The Kier molecular flexibility index (Phi) is 2.35. The van der Waals surface area contributed by atoms with Gasteiger partial charge in [-0.1, -0.05) is 0 Å². The maximum atomic E-state index is 11.7. The highest BCUT2D eigenvalue weighted by molar-refractivity contribution is 14.1. The molecule has 0 aliphatic carbocycles. The molecule has 2 rings (SSSR count). The van der Waals surface area contributed by atoms with Crippen LogP contribution in [0.4, 0.5) is 5.69 Å². The Bertz CT molecular complexity index is 461. The van der Waals surface area contributed by atoms with Crippen molar-refractivity contribution >= 4 is 38.0 Å². The number of halogens is 1. The van der Waals surface area contributed by atoms with E-state index in [1.807, 2.05) is 12.1 Å². The first-order valence-electron chi connectivity index (χ1n) is 4.05. The lowest BCUT2D eigenvalue weighted by atomic mass is 10.1. The van der Waals surface area contributed by atoms with Crippen LogP contribution >= 0.6 is 22.6 Å². The van der Waals surface area contributed by atoms with E-state index in [9.17, 15) is 4.21 Å². The van der Waals surface area contributed by atoms with Gasteiger partial charge in [-0.3, -0.25) is 0 Å². The highest BCUT2D eigenvalue weighted by atomic mass is 127. The zero-order chi connectivity index (χ0) is 9.47. The van der Waals surface area contributed by atoms with E-state index >= 15 is 0 Å². The van der Waals surface area contributed by atoms with Gasteiger partial charge in [-0.2, -0.15) is 4.36 Å². The van der Waals surface area contributed by atoms with Gasteiger partial charge >= 0.3 is 0 Å². The zero-order valence-electron chi connectivity index (χ0n) is 7.29. The van der Waals surface area contributed by atoms with Crippen molar-refractivity contribution in [1.82, 2.24) is 0 Å². The third-order valence-corrected chi connectivity index (χ3v) is 4.30. The molecule has 1 aliphatic rings. The molecule has 4 heteroatoms. The maximum Gasteiger partial charge on any atom is 0.0763 e. The third kappa shape index (κ3) is 2.04. The molecule has 70 valence electrons. The van der Waals surface area contributed by atoms with E-state index in [1.54, 1.807) is 6.26 Å². The van der Waals surface area contributed by atoms with Crippen LogP contribution in [0.5, 0.6) is 0 Å². The fourth-order valence-corrected chi connectivity index (χ4v) is 3.24. The molecule has 0 aromatic heterocycles. The summed E-state index contributed by atoms with van der Waals surface area (Å²) < 4.78 is 17.1. The monoisotopic (exact) mass is 307 g/mol. The second kappa shape index (κ2) is 3.24. The minimum Gasteiger partial charge on any atom is -0.250 e. The molecule has 0 radical (unpaired) electrons. The number of fused-ring (bicyclic) bond motifs is 1. The van der Waals surface area contributed by atoms with Crippen molar-refractivity contribution in [1.29, 1.82) is 0 Å². The highest BCUT2D eigenvalue weighted by Crippen LogP contribution is 2.27. The van der Waals surface area contributed by atoms with Gasteiger partial charge in [0.15, 0.2) is 0 Å². The number of rotatable bonds is 0. The van der Waals surface area contributed by atoms with E-state index in [4.69, 9.17) is 0 Å². The van der Waals surface area contributed by atoms with Gasteiger partial charge in [-0.05, 0) is 52.8 Å². The van der Waals surface area contributed by atoms with Crippen molar-refractivity contribution < 1.29 is 4.21 Å². The van der Waals surface area contributed by atoms with Crippen molar-refractivity contribution in [2.75, 3.05) is 12.0 Å². The van der Waals surface area contributed by atoms with E-state index < -0.39 is 9.73 Å². The molecule has 0 N–H and O–H groups in total. The summed E-state index contributed by atoms with van der Waals surface area (Å²) in [4.78, 5) is 0. The molecule has 2 nitrogen and oxygen atoms in total. The highest BCUT2D eigenvalue weighted by Gasteiger charge is 2.13. The Hall–Kier alpha value is -0.100. The van der Waals surface area contributed by atoms with Gasteiger partial charge in [0.05, 0.1) is 5.69 Å². The normalized spacial score (nSPS) is 26.3. The fourth-order valence-electron chi connectivity index (χ4n) is 1.40. The van der Waals surface area contributed by atoms with Crippen molar-refractivity contribution in [2.24, 2.45) is 4.36 Å². The molecule has 0 saturated carbocycles. The van der Waals surface area contributed by atoms with E-state index in [1.165, 1.54) is 9.13 Å². The molecule has 1 atom stereocenters. The van der Waals surface area contributed by atoms with Crippen LogP contribution in [0, 0.1) is 3.57 Å². The van der Waals surface area contributed by atoms with Gasteiger partial charge in [0.2, 0.25) is 0 Å². The lowest BCUT2D eigenvalue weighted by Crippen LogP contribution is -2.10. The molecular weight excluding hydrogens is 297 g/mol. The topological polar surface area (TPSA) is 29.4 Å². The summed E-state index contributed by atoms with van der Waals surface area (Å²) in [7, 11) is -1.94. The van der Waals surface area contributed by atoms with Crippen LogP contribution in [0.2, 0.25) is 0 Å². The lowest BCUT2D eigenvalue weighted by Gasteiger charge is -2.14. The molecule has 0 spiro atoms.